The van der Waals surface area contributed by atoms with Crippen LogP contribution >= 0.6 is 0 Å². The average Bonchev–Trinajstić information content (AvgIpc) is 3.05. The van der Waals surface area contributed by atoms with Crippen molar-refractivity contribution in [1.82, 2.24) is 15.1 Å². The first-order valence-electron chi connectivity index (χ1n) is 9.19. The van der Waals surface area contributed by atoms with Crippen LogP contribution in [0.15, 0.2) is 60.8 Å². The summed E-state index contributed by atoms with van der Waals surface area (Å²) in [5, 5.41) is 26.8. The zero-order valence-electron chi connectivity index (χ0n) is 16.1. The van der Waals surface area contributed by atoms with Gasteiger partial charge in [0.25, 0.3) is 0 Å². The van der Waals surface area contributed by atoms with Gasteiger partial charge in [-0.05, 0) is 25.5 Å². The van der Waals surface area contributed by atoms with E-state index in [1.807, 2.05) is 54.2 Å². The number of nitrogens with zero attached hydrogens (tertiary/aromatic N) is 2. The fraction of sp³-hybridized carbons (Fsp3) is 0.273. The van der Waals surface area contributed by atoms with Crippen molar-refractivity contribution < 1.29 is 15.0 Å². The Morgan fingerprint density at radius 1 is 1.18 bits per heavy atom. The van der Waals surface area contributed by atoms with Gasteiger partial charge in [0, 0.05) is 30.4 Å². The summed E-state index contributed by atoms with van der Waals surface area (Å²) in [7, 11) is 0. The summed E-state index contributed by atoms with van der Waals surface area (Å²) in [5.74, 6) is -1.25. The van der Waals surface area contributed by atoms with Crippen molar-refractivity contribution in [2.24, 2.45) is 0 Å². The van der Waals surface area contributed by atoms with Gasteiger partial charge in [0.15, 0.2) is 5.60 Å². The second-order valence-electron chi connectivity index (χ2n) is 7.24. The number of aromatic nitrogens is 2. The Labute approximate surface area is 164 Å². The van der Waals surface area contributed by atoms with Crippen LogP contribution in [0.4, 0.5) is 0 Å². The van der Waals surface area contributed by atoms with E-state index in [9.17, 15) is 9.90 Å². The molecule has 146 valence electrons. The van der Waals surface area contributed by atoms with Crippen LogP contribution in [0.2, 0.25) is 0 Å². The number of benzene rings is 2. The summed E-state index contributed by atoms with van der Waals surface area (Å²) >= 11 is 0. The molecule has 0 aliphatic heterocycles. The van der Waals surface area contributed by atoms with Crippen LogP contribution in [0.5, 0.6) is 0 Å². The third-order valence-corrected chi connectivity index (χ3v) is 4.56. The lowest BCUT2D eigenvalue weighted by Gasteiger charge is -2.18. The van der Waals surface area contributed by atoms with E-state index in [1.54, 1.807) is 0 Å². The molecular formula is C22H25N3O3. The fourth-order valence-electron chi connectivity index (χ4n) is 3.00. The molecule has 0 saturated carbocycles. The van der Waals surface area contributed by atoms with E-state index in [2.05, 4.69) is 23.5 Å². The third kappa shape index (κ3) is 4.85. The number of carboxylic acid groups (broad SMARTS) is 1. The van der Waals surface area contributed by atoms with E-state index in [-0.39, 0.29) is 6.54 Å². The quantitative estimate of drug-likeness (QED) is 0.560. The Morgan fingerprint density at radius 3 is 2.61 bits per heavy atom. The summed E-state index contributed by atoms with van der Waals surface area (Å²) in [6.07, 6.45) is 1.97. The summed E-state index contributed by atoms with van der Waals surface area (Å²) in [5.41, 5.74) is 3.28. The zero-order valence-corrected chi connectivity index (χ0v) is 16.1. The molecule has 3 rings (SSSR count). The number of hydrogen-bond donors (Lipinski definition) is 3. The number of hydrogen-bond acceptors (Lipinski definition) is 4. The number of rotatable bonds is 8. The second kappa shape index (κ2) is 8.37. The van der Waals surface area contributed by atoms with Gasteiger partial charge in [0.05, 0.1) is 12.2 Å². The fourth-order valence-corrected chi connectivity index (χ4v) is 3.00. The topological polar surface area (TPSA) is 87.4 Å². The molecule has 1 atom stereocenters. The molecule has 0 aliphatic carbocycles. The maximum Gasteiger partial charge on any atom is 0.336 e. The highest BCUT2D eigenvalue weighted by atomic mass is 16.4. The minimum atomic E-state index is -1.82. The minimum absolute atomic E-state index is 0.0561. The Balaban J connectivity index is 1.85. The van der Waals surface area contributed by atoms with Crippen LogP contribution in [-0.4, -0.2) is 38.1 Å². The standard InChI is InChI=1S/C22H25N3O3/c1-16-7-6-10-18(11-16)20-19(12-23-15-22(2,28)21(26)27)14-25(24-20)13-17-8-4-3-5-9-17/h3-11,14,23,28H,12-13,15H2,1-2H3,(H,26,27). The molecule has 3 N–H and O–H groups in total. The molecule has 1 unspecified atom stereocenters. The summed E-state index contributed by atoms with van der Waals surface area (Å²) in [6, 6.07) is 18.2. The van der Waals surface area contributed by atoms with E-state index in [0.29, 0.717) is 13.1 Å². The number of carbonyl (C=O) groups is 1. The molecular weight excluding hydrogens is 354 g/mol. The van der Waals surface area contributed by atoms with E-state index in [4.69, 9.17) is 10.2 Å². The molecule has 0 amide bonds. The average molecular weight is 379 g/mol. The van der Waals surface area contributed by atoms with Gasteiger partial charge >= 0.3 is 5.97 Å². The monoisotopic (exact) mass is 379 g/mol. The highest BCUT2D eigenvalue weighted by Gasteiger charge is 2.29. The molecule has 0 bridgehead atoms. The lowest BCUT2D eigenvalue weighted by atomic mass is 10.1. The SMILES string of the molecule is Cc1cccc(-c2nn(Cc3ccccc3)cc2CNCC(C)(O)C(=O)O)c1. The highest BCUT2D eigenvalue weighted by Crippen LogP contribution is 2.23. The van der Waals surface area contributed by atoms with Crippen molar-refractivity contribution in [3.05, 3.63) is 77.5 Å². The Kier molecular flexibility index (Phi) is 5.92. The lowest BCUT2D eigenvalue weighted by molar-refractivity contribution is -0.156. The largest absolute Gasteiger partial charge is 0.479 e. The van der Waals surface area contributed by atoms with Crippen LogP contribution in [0.1, 0.15) is 23.6 Å². The van der Waals surface area contributed by atoms with E-state index < -0.39 is 11.6 Å². The Bertz CT molecular complexity index is 949. The van der Waals surface area contributed by atoms with Gasteiger partial charge in [-0.15, -0.1) is 0 Å². The molecule has 6 heteroatoms. The van der Waals surface area contributed by atoms with Crippen molar-refractivity contribution >= 4 is 5.97 Å². The molecule has 28 heavy (non-hydrogen) atoms. The third-order valence-electron chi connectivity index (χ3n) is 4.56. The number of nitrogens with one attached hydrogen (secondary N) is 1. The molecule has 1 aromatic heterocycles. The first-order chi connectivity index (χ1) is 13.3. The van der Waals surface area contributed by atoms with Crippen molar-refractivity contribution in [2.45, 2.75) is 32.5 Å². The predicted octanol–water partition coefficient (Wildman–Crippen LogP) is 2.83. The molecule has 0 fully saturated rings. The van der Waals surface area contributed by atoms with Gasteiger partial charge in [-0.25, -0.2) is 4.79 Å². The van der Waals surface area contributed by atoms with Gasteiger partial charge in [-0.3, -0.25) is 4.68 Å². The van der Waals surface area contributed by atoms with Crippen molar-refractivity contribution in [3.63, 3.8) is 0 Å². The predicted molar refractivity (Wildman–Crippen MR) is 108 cm³/mol. The highest BCUT2D eigenvalue weighted by molar-refractivity contribution is 5.76. The van der Waals surface area contributed by atoms with E-state index in [0.717, 1.165) is 27.9 Å². The molecule has 3 aromatic rings. The summed E-state index contributed by atoms with van der Waals surface area (Å²) in [6.45, 7) is 4.31. The number of aliphatic carboxylic acids is 1. The summed E-state index contributed by atoms with van der Waals surface area (Å²) < 4.78 is 1.89. The minimum Gasteiger partial charge on any atom is -0.479 e. The van der Waals surface area contributed by atoms with Crippen LogP contribution in [0, 0.1) is 6.92 Å². The first-order valence-corrected chi connectivity index (χ1v) is 9.19. The summed E-state index contributed by atoms with van der Waals surface area (Å²) in [4.78, 5) is 11.1. The van der Waals surface area contributed by atoms with E-state index >= 15 is 0 Å². The normalized spacial score (nSPS) is 13.2. The van der Waals surface area contributed by atoms with Crippen LogP contribution in [-0.2, 0) is 17.9 Å². The van der Waals surface area contributed by atoms with Crippen molar-refractivity contribution in [2.75, 3.05) is 6.54 Å². The number of carboxylic acids is 1. The van der Waals surface area contributed by atoms with Crippen LogP contribution in [0.3, 0.4) is 0 Å². The van der Waals surface area contributed by atoms with Gasteiger partial charge in [0.1, 0.15) is 0 Å². The van der Waals surface area contributed by atoms with Gasteiger partial charge in [-0.1, -0.05) is 54.1 Å². The molecule has 0 spiro atoms. The Morgan fingerprint density at radius 2 is 1.93 bits per heavy atom. The molecule has 0 radical (unpaired) electrons. The number of aliphatic hydroxyl groups is 1. The Hall–Kier alpha value is -2.96. The maximum absolute atomic E-state index is 11.1. The first kappa shape index (κ1) is 19.8. The van der Waals surface area contributed by atoms with Gasteiger partial charge in [0.2, 0.25) is 0 Å². The molecule has 0 aliphatic rings. The van der Waals surface area contributed by atoms with Crippen molar-refractivity contribution in [1.29, 1.82) is 0 Å². The second-order valence-corrected chi connectivity index (χ2v) is 7.24. The number of aryl methyl sites for hydroxylation is 1. The molecule has 1 heterocycles. The van der Waals surface area contributed by atoms with Crippen LogP contribution < -0.4 is 5.32 Å². The van der Waals surface area contributed by atoms with E-state index in [1.165, 1.54) is 6.92 Å². The maximum atomic E-state index is 11.1. The molecule has 0 saturated heterocycles. The van der Waals surface area contributed by atoms with Gasteiger partial charge in [-0.2, -0.15) is 5.10 Å². The van der Waals surface area contributed by atoms with Gasteiger partial charge < -0.3 is 15.5 Å². The lowest BCUT2D eigenvalue weighted by Crippen LogP contribution is -2.44. The zero-order chi connectivity index (χ0) is 20.1. The van der Waals surface area contributed by atoms with Crippen LogP contribution in [0.25, 0.3) is 11.3 Å². The molecule has 2 aromatic carbocycles. The van der Waals surface area contributed by atoms with Crippen molar-refractivity contribution in [3.8, 4) is 11.3 Å². The molecule has 6 nitrogen and oxygen atoms in total. The smallest absolute Gasteiger partial charge is 0.336 e.